The van der Waals surface area contributed by atoms with E-state index < -0.39 is 10.2 Å². The molecule has 3 aromatic carbocycles. The Morgan fingerprint density at radius 1 is 0.682 bits per heavy atom. The molecule has 0 aliphatic carbocycles. The van der Waals surface area contributed by atoms with Crippen molar-refractivity contribution in [3.8, 4) is 11.5 Å². The molecule has 0 aromatic heterocycles. The van der Waals surface area contributed by atoms with Crippen LogP contribution in [0.1, 0.15) is 0 Å². The summed E-state index contributed by atoms with van der Waals surface area (Å²) in [5, 5.41) is 9.36. The first-order chi connectivity index (χ1) is 10.7. The van der Waals surface area contributed by atoms with Gasteiger partial charge in [-0.25, -0.2) is 0 Å². The normalized spacial score (nSPS) is 11.1. The summed E-state index contributed by atoms with van der Waals surface area (Å²) in [5.74, 6) is 0.578. The highest BCUT2D eigenvalue weighted by Crippen LogP contribution is 2.32. The SMILES string of the molecule is O=[S+](Oc1ccc(O)cc1)(c1ccccc1)c1ccccc1. The molecule has 0 fully saturated rings. The van der Waals surface area contributed by atoms with Crippen LogP contribution in [0, 0.1) is 0 Å². The van der Waals surface area contributed by atoms with Crippen molar-refractivity contribution in [3.05, 3.63) is 84.9 Å². The lowest BCUT2D eigenvalue weighted by molar-refractivity contribution is 0.471. The first kappa shape index (κ1) is 14.4. The molecule has 0 saturated heterocycles. The molecule has 3 aromatic rings. The minimum atomic E-state index is -2.89. The summed E-state index contributed by atoms with van der Waals surface area (Å²) >= 11 is 0. The molecule has 0 heterocycles. The number of hydrogen-bond acceptors (Lipinski definition) is 3. The second kappa shape index (κ2) is 6.03. The second-order valence-electron chi connectivity index (χ2n) is 4.71. The van der Waals surface area contributed by atoms with Crippen molar-refractivity contribution in [2.75, 3.05) is 0 Å². The Bertz CT molecular complexity index is 740. The molecular formula is C18H15O3S+. The van der Waals surface area contributed by atoms with Gasteiger partial charge in [0.15, 0.2) is 5.75 Å². The zero-order valence-electron chi connectivity index (χ0n) is 11.8. The van der Waals surface area contributed by atoms with Crippen molar-refractivity contribution in [1.82, 2.24) is 0 Å². The second-order valence-corrected chi connectivity index (χ2v) is 6.82. The minimum Gasteiger partial charge on any atom is -0.508 e. The van der Waals surface area contributed by atoms with Crippen molar-refractivity contribution in [2.45, 2.75) is 9.79 Å². The van der Waals surface area contributed by atoms with Gasteiger partial charge in [-0.1, -0.05) is 36.4 Å². The first-order valence-corrected chi connectivity index (χ1v) is 8.30. The Kier molecular flexibility index (Phi) is 3.94. The van der Waals surface area contributed by atoms with Gasteiger partial charge in [0, 0.05) is 0 Å². The molecule has 0 aliphatic heterocycles. The number of rotatable bonds is 4. The summed E-state index contributed by atoms with van der Waals surface area (Å²) < 4.78 is 19.4. The number of phenols is 1. The third kappa shape index (κ3) is 2.87. The molecular weight excluding hydrogens is 296 g/mol. The van der Waals surface area contributed by atoms with Crippen LogP contribution in [-0.4, -0.2) is 5.11 Å². The third-order valence-electron chi connectivity index (χ3n) is 3.16. The van der Waals surface area contributed by atoms with Gasteiger partial charge in [-0.05, 0) is 52.7 Å². The largest absolute Gasteiger partial charge is 0.508 e. The average Bonchev–Trinajstić information content (AvgIpc) is 2.58. The lowest BCUT2D eigenvalue weighted by atomic mass is 10.3. The fourth-order valence-electron chi connectivity index (χ4n) is 2.07. The summed E-state index contributed by atoms with van der Waals surface area (Å²) in [7, 11) is -2.89. The Balaban J connectivity index is 2.08. The standard InChI is InChI=1S/C18H14O3S/c19-15-11-13-16(14-12-15)21-22(20,17-7-3-1-4-8-17)18-9-5-2-6-10-18/h1-14H/p+1. The number of aromatic hydroxyl groups is 1. The third-order valence-corrected chi connectivity index (χ3v) is 5.37. The quantitative estimate of drug-likeness (QED) is 0.731. The lowest BCUT2D eigenvalue weighted by Crippen LogP contribution is -2.19. The van der Waals surface area contributed by atoms with Gasteiger partial charge in [-0.2, -0.15) is 0 Å². The van der Waals surface area contributed by atoms with E-state index in [0.717, 1.165) is 0 Å². The van der Waals surface area contributed by atoms with Gasteiger partial charge in [0.05, 0.1) is 0 Å². The van der Waals surface area contributed by atoms with E-state index in [1.165, 1.54) is 12.1 Å². The highest BCUT2D eigenvalue weighted by molar-refractivity contribution is 7.99. The molecule has 3 nitrogen and oxygen atoms in total. The van der Waals surface area contributed by atoms with Crippen molar-refractivity contribution in [3.63, 3.8) is 0 Å². The summed E-state index contributed by atoms with van der Waals surface area (Å²) in [4.78, 5) is 1.21. The van der Waals surface area contributed by atoms with E-state index in [1.807, 2.05) is 36.4 Å². The van der Waals surface area contributed by atoms with E-state index in [9.17, 15) is 9.32 Å². The average molecular weight is 311 g/mol. The van der Waals surface area contributed by atoms with Crippen LogP contribution < -0.4 is 4.18 Å². The molecule has 0 atom stereocenters. The highest BCUT2D eigenvalue weighted by atomic mass is 32.3. The van der Waals surface area contributed by atoms with Crippen molar-refractivity contribution in [1.29, 1.82) is 0 Å². The van der Waals surface area contributed by atoms with Crippen molar-refractivity contribution in [2.24, 2.45) is 0 Å². The fraction of sp³-hybridized carbons (Fsp3) is 0. The molecule has 4 heteroatoms. The molecule has 0 radical (unpaired) electrons. The van der Waals surface area contributed by atoms with Gasteiger partial charge in [0.2, 0.25) is 9.79 Å². The number of benzene rings is 3. The predicted octanol–water partition coefficient (Wildman–Crippen LogP) is 4.30. The van der Waals surface area contributed by atoms with Crippen LogP contribution in [0.3, 0.4) is 0 Å². The Morgan fingerprint density at radius 2 is 1.14 bits per heavy atom. The van der Waals surface area contributed by atoms with Gasteiger partial charge in [-0.3, -0.25) is 4.18 Å². The summed E-state index contributed by atoms with van der Waals surface area (Å²) in [6, 6.07) is 24.4. The van der Waals surface area contributed by atoms with Gasteiger partial charge >= 0.3 is 10.2 Å². The first-order valence-electron chi connectivity index (χ1n) is 6.81. The van der Waals surface area contributed by atoms with Crippen LogP contribution in [0.5, 0.6) is 11.5 Å². The van der Waals surface area contributed by atoms with Gasteiger partial charge < -0.3 is 5.11 Å². The molecule has 110 valence electrons. The van der Waals surface area contributed by atoms with Gasteiger partial charge in [-0.15, -0.1) is 0 Å². The van der Waals surface area contributed by atoms with Gasteiger partial charge in [0.25, 0.3) is 0 Å². The molecule has 22 heavy (non-hydrogen) atoms. The number of phenolic OH excluding ortho intramolecular Hbond substituents is 1. The van der Waals surface area contributed by atoms with E-state index in [0.29, 0.717) is 15.5 Å². The van der Waals surface area contributed by atoms with E-state index in [1.54, 1.807) is 36.4 Å². The monoisotopic (exact) mass is 311 g/mol. The molecule has 0 bridgehead atoms. The summed E-state index contributed by atoms with van der Waals surface area (Å²) in [6.07, 6.45) is 0. The fourth-order valence-corrected chi connectivity index (χ4v) is 3.95. The highest BCUT2D eigenvalue weighted by Gasteiger charge is 2.38. The van der Waals surface area contributed by atoms with Crippen LogP contribution >= 0.6 is 0 Å². The minimum absolute atomic E-state index is 0.137. The van der Waals surface area contributed by atoms with E-state index in [-0.39, 0.29) is 5.75 Å². The molecule has 0 aliphatic rings. The maximum Gasteiger partial charge on any atom is 0.325 e. The van der Waals surface area contributed by atoms with Gasteiger partial charge in [0.1, 0.15) is 5.75 Å². The zero-order chi connectivity index (χ0) is 15.4. The van der Waals surface area contributed by atoms with E-state index in [2.05, 4.69) is 0 Å². The molecule has 0 unspecified atom stereocenters. The molecule has 1 N–H and O–H groups in total. The molecule has 0 spiro atoms. The molecule has 0 saturated carbocycles. The Labute approximate surface area is 130 Å². The predicted molar refractivity (Wildman–Crippen MR) is 86.2 cm³/mol. The van der Waals surface area contributed by atoms with Crippen LogP contribution in [-0.2, 0) is 14.4 Å². The van der Waals surface area contributed by atoms with E-state index >= 15 is 0 Å². The summed E-state index contributed by atoms with van der Waals surface area (Å²) in [5.41, 5.74) is 0. The lowest BCUT2D eigenvalue weighted by Gasteiger charge is -2.11. The molecule has 0 amide bonds. The van der Waals surface area contributed by atoms with Crippen molar-refractivity contribution < 1.29 is 13.5 Å². The maximum absolute atomic E-state index is 13.6. The molecule has 3 rings (SSSR count). The Morgan fingerprint density at radius 3 is 1.59 bits per heavy atom. The smallest absolute Gasteiger partial charge is 0.325 e. The van der Waals surface area contributed by atoms with E-state index in [4.69, 9.17) is 4.18 Å². The topological polar surface area (TPSA) is 46.5 Å². The van der Waals surface area contributed by atoms with Crippen molar-refractivity contribution >= 4 is 10.2 Å². The zero-order valence-corrected chi connectivity index (χ0v) is 12.6. The number of hydrogen-bond donors (Lipinski definition) is 1. The van der Waals surface area contributed by atoms with Crippen LogP contribution in [0.2, 0.25) is 0 Å². The Hall–Kier alpha value is -2.59. The van der Waals surface area contributed by atoms with Crippen LogP contribution in [0.25, 0.3) is 0 Å². The summed E-state index contributed by atoms with van der Waals surface area (Å²) in [6.45, 7) is 0. The maximum atomic E-state index is 13.6. The van der Waals surface area contributed by atoms with Crippen LogP contribution in [0.4, 0.5) is 0 Å². The van der Waals surface area contributed by atoms with Crippen LogP contribution in [0.15, 0.2) is 94.7 Å².